The maximum Gasteiger partial charge on any atom is 0.243 e. The van der Waals surface area contributed by atoms with Crippen LogP contribution in [0, 0.1) is 0 Å². The van der Waals surface area contributed by atoms with Gasteiger partial charge < -0.3 is 9.64 Å². The Morgan fingerprint density at radius 3 is 2.52 bits per heavy atom. The van der Waals surface area contributed by atoms with Crippen molar-refractivity contribution in [2.24, 2.45) is 0 Å². The Morgan fingerprint density at radius 1 is 1.16 bits per heavy atom. The van der Waals surface area contributed by atoms with E-state index in [-0.39, 0.29) is 5.91 Å². The molecule has 0 saturated carbocycles. The van der Waals surface area contributed by atoms with Crippen molar-refractivity contribution in [1.82, 2.24) is 9.21 Å². The fraction of sp³-hybridized carbons (Fsp3) is 0.588. The molecular weight excluding hydrogens is 342 g/mol. The number of rotatable bonds is 5. The van der Waals surface area contributed by atoms with Crippen molar-refractivity contribution in [3.8, 4) is 0 Å². The maximum atomic E-state index is 12.9. The first-order valence-corrected chi connectivity index (χ1v) is 10.00. The molecule has 1 aromatic carbocycles. The van der Waals surface area contributed by atoms with Crippen molar-refractivity contribution in [3.63, 3.8) is 0 Å². The predicted octanol–water partition coefficient (Wildman–Crippen LogP) is 0.548. The van der Waals surface area contributed by atoms with Crippen molar-refractivity contribution in [2.45, 2.75) is 18.2 Å². The van der Waals surface area contributed by atoms with Gasteiger partial charge in [0.15, 0.2) is 0 Å². The lowest BCUT2D eigenvalue weighted by molar-refractivity contribution is -0.116. The zero-order valence-corrected chi connectivity index (χ0v) is 15.6. The van der Waals surface area contributed by atoms with E-state index < -0.39 is 10.0 Å². The highest BCUT2D eigenvalue weighted by Crippen LogP contribution is 2.31. The Labute approximate surface area is 149 Å². The molecule has 25 heavy (non-hydrogen) atoms. The summed E-state index contributed by atoms with van der Waals surface area (Å²) in [5.74, 6) is -0.0125. The van der Waals surface area contributed by atoms with Gasteiger partial charge in [-0.25, -0.2) is 8.42 Å². The quantitative estimate of drug-likeness (QED) is 0.760. The molecule has 0 unspecified atom stereocenters. The van der Waals surface area contributed by atoms with Crippen LogP contribution in [0.1, 0.15) is 12.5 Å². The van der Waals surface area contributed by atoms with Gasteiger partial charge in [0.2, 0.25) is 15.9 Å². The summed E-state index contributed by atoms with van der Waals surface area (Å²) in [7, 11) is -1.82. The number of fused-ring (bicyclic) bond motifs is 1. The van der Waals surface area contributed by atoms with E-state index in [9.17, 15) is 13.2 Å². The molecule has 1 saturated heterocycles. The van der Waals surface area contributed by atoms with Crippen LogP contribution in [-0.4, -0.2) is 76.5 Å². The second-order valence-corrected chi connectivity index (χ2v) is 8.39. The monoisotopic (exact) mass is 367 g/mol. The summed E-state index contributed by atoms with van der Waals surface area (Å²) in [4.78, 5) is 15.9. The van der Waals surface area contributed by atoms with Gasteiger partial charge in [-0.05, 0) is 30.2 Å². The molecule has 2 aliphatic heterocycles. The number of piperazine rings is 1. The van der Waals surface area contributed by atoms with Gasteiger partial charge in [-0.15, -0.1) is 0 Å². The molecule has 0 aliphatic carbocycles. The second kappa shape index (κ2) is 7.41. The highest BCUT2D eigenvalue weighted by Gasteiger charge is 2.30. The molecule has 2 aliphatic rings. The van der Waals surface area contributed by atoms with Gasteiger partial charge >= 0.3 is 0 Å². The van der Waals surface area contributed by atoms with Gasteiger partial charge in [-0.3, -0.25) is 9.69 Å². The van der Waals surface area contributed by atoms with Crippen molar-refractivity contribution in [2.75, 3.05) is 57.9 Å². The molecule has 1 amide bonds. The number of anilines is 1. The van der Waals surface area contributed by atoms with E-state index in [1.54, 1.807) is 34.5 Å². The van der Waals surface area contributed by atoms with E-state index in [0.29, 0.717) is 50.6 Å². The summed E-state index contributed by atoms with van der Waals surface area (Å²) in [6.07, 6.45) is 0.697. The second-order valence-electron chi connectivity index (χ2n) is 6.45. The number of sulfonamides is 1. The maximum absolute atomic E-state index is 12.9. The summed E-state index contributed by atoms with van der Waals surface area (Å²) < 4.78 is 32.5. The normalized spacial score (nSPS) is 19.2. The van der Waals surface area contributed by atoms with Crippen molar-refractivity contribution < 1.29 is 17.9 Å². The summed E-state index contributed by atoms with van der Waals surface area (Å²) in [5.41, 5.74) is 1.76. The number of hydrogen-bond acceptors (Lipinski definition) is 5. The van der Waals surface area contributed by atoms with Gasteiger partial charge in [-0.1, -0.05) is 0 Å². The van der Waals surface area contributed by atoms with Crippen LogP contribution in [0.4, 0.5) is 5.69 Å². The van der Waals surface area contributed by atoms with Crippen LogP contribution in [0.2, 0.25) is 0 Å². The Hall–Kier alpha value is -1.48. The van der Waals surface area contributed by atoms with E-state index in [0.717, 1.165) is 17.8 Å². The van der Waals surface area contributed by atoms with Gasteiger partial charge in [0.1, 0.15) is 0 Å². The fourth-order valence-corrected chi connectivity index (χ4v) is 4.90. The number of methoxy groups -OCH3 is 1. The van der Waals surface area contributed by atoms with Gasteiger partial charge in [0, 0.05) is 59.0 Å². The lowest BCUT2D eigenvalue weighted by Crippen LogP contribution is -2.49. The molecular formula is C17H25N3O4S. The minimum Gasteiger partial charge on any atom is -0.383 e. The van der Waals surface area contributed by atoms with E-state index in [4.69, 9.17) is 4.74 Å². The van der Waals surface area contributed by atoms with Gasteiger partial charge in [0.05, 0.1) is 11.5 Å². The van der Waals surface area contributed by atoms with E-state index in [2.05, 4.69) is 4.90 Å². The SMILES string of the molecule is COCCN1CCN(S(=O)(=O)c2ccc3c(c2)CCN3C(C)=O)CC1. The van der Waals surface area contributed by atoms with Crippen molar-refractivity contribution in [1.29, 1.82) is 0 Å². The minimum atomic E-state index is -3.49. The Kier molecular flexibility index (Phi) is 5.43. The highest BCUT2D eigenvalue weighted by molar-refractivity contribution is 7.89. The number of carbonyl (C=O) groups excluding carboxylic acids is 1. The Morgan fingerprint density at radius 2 is 1.88 bits per heavy atom. The third-order valence-corrected chi connectivity index (χ3v) is 6.80. The molecule has 0 N–H and O–H groups in total. The molecule has 0 radical (unpaired) electrons. The number of benzene rings is 1. The third-order valence-electron chi connectivity index (χ3n) is 4.91. The first-order valence-electron chi connectivity index (χ1n) is 8.56. The van der Waals surface area contributed by atoms with Crippen LogP contribution < -0.4 is 4.90 Å². The van der Waals surface area contributed by atoms with Gasteiger partial charge in [-0.2, -0.15) is 4.31 Å². The standard InChI is InChI=1S/C17H25N3O4S/c1-14(21)20-6-5-15-13-16(3-4-17(15)20)25(22,23)19-9-7-18(8-10-19)11-12-24-2/h3-4,13H,5-12H2,1-2H3. The predicted molar refractivity (Wildman–Crippen MR) is 95.2 cm³/mol. The van der Waals surface area contributed by atoms with Crippen LogP contribution in [0.3, 0.4) is 0 Å². The zero-order valence-electron chi connectivity index (χ0n) is 14.8. The average molecular weight is 367 g/mol. The first kappa shape index (κ1) is 18.3. The fourth-order valence-electron chi connectivity index (χ4n) is 3.43. The number of hydrogen-bond donors (Lipinski definition) is 0. The van der Waals surface area contributed by atoms with Crippen LogP contribution >= 0.6 is 0 Å². The summed E-state index contributed by atoms with van der Waals surface area (Å²) in [5, 5.41) is 0. The molecule has 7 nitrogen and oxygen atoms in total. The molecule has 0 aromatic heterocycles. The summed E-state index contributed by atoms with van der Waals surface area (Å²) >= 11 is 0. The molecule has 0 atom stereocenters. The molecule has 0 spiro atoms. The number of amides is 1. The van der Waals surface area contributed by atoms with Crippen LogP contribution in [0.5, 0.6) is 0 Å². The highest BCUT2D eigenvalue weighted by atomic mass is 32.2. The number of carbonyl (C=O) groups is 1. The topological polar surface area (TPSA) is 70.2 Å². The first-order chi connectivity index (χ1) is 11.9. The van der Waals surface area contributed by atoms with E-state index >= 15 is 0 Å². The molecule has 2 heterocycles. The van der Waals surface area contributed by atoms with E-state index in [1.165, 1.54) is 6.92 Å². The smallest absolute Gasteiger partial charge is 0.243 e. The lowest BCUT2D eigenvalue weighted by Gasteiger charge is -2.33. The zero-order chi connectivity index (χ0) is 18.0. The number of nitrogens with zero attached hydrogens (tertiary/aromatic N) is 3. The average Bonchev–Trinajstić information content (AvgIpc) is 3.03. The van der Waals surface area contributed by atoms with Gasteiger partial charge in [0.25, 0.3) is 0 Å². The number of ether oxygens (including phenoxy) is 1. The summed E-state index contributed by atoms with van der Waals surface area (Å²) in [6.45, 7) is 6.03. The molecule has 8 heteroatoms. The van der Waals surface area contributed by atoms with E-state index in [1.807, 2.05) is 0 Å². The Bertz CT molecular complexity index is 742. The molecule has 138 valence electrons. The minimum absolute atomic E-state index is 0.0125. The largest absolute Gasteiger partial charge is 0.383 e. The lowest BCUT2D eigenvalue weighted by atomic mass is 10.2. The third kappa shape index (κ3) is 3.72. The van der Waals surface area contributed by atoms with Crippen LogP contribution in [0.15, 0.2) is 23.1 Å². The summed E-state index contributed by atoms with van der Waals surface area (Å²) in [6, 6.07) is 5.10. The van der Waals surface area contributed by atoms with Crippen molar-refractivity contribution >= 4 is 21.6 Å². The van der Waals surface area contributed by atoms with Crippen LogP contribution in [-0.2, 0) is 26.0 Å². The molecule has 0 bridgehead atoms. The molecule has 3 rings (SSSR count). The molecule has 1 fully saturated rings. The molecule has 1 aromatic rings. The Balaban J connectivity index is 1.73. The van der Waals surface area contributed by atoms with Crippen LogP contribution in [0.25, 0.3) is 0 Å². The van der Waals surface area contributed by atoms with Crippen molar-refractivity contribution in [3.05, 3.63) is 23.8 Å².